The van der Waals surface area contributed by atoms with Gasteiger partial charge in [0, 0.05) is 36.8 Å². The van der Waals surface area contributed by atoms with Crippen molar-refractivity contribution in [1.82, 2.24) is 10.3 Å². The third kappa shape index (κ3) is 4.49. The standard InChI is InChI=1S/C24H27N3O3/c1-16(17-6-3-2-4-7-17)10-20(28)12-19-11-18-13-26-22(21(18)14-25-19)23(29)27-15-24(30)8-5-9-24/h2-4,6-7,11,14,16,30H,5,8-10,12-13,15H2,1H3,(H,27,29)/t16-/m0/s1. The predicted octanol–water partition coefficient (Wildman–Crippen LogP) is 2.72. The zero-order valence-corrected chi connectivity index (χ0v) is 17.2. The van der Waals surface area contributed by atoms with Crippen molar-refractivity contribution in [2.75, 3.05) is 6.54 Å². The van der Waals surface area contributed by atoms with Crippen LogP contribution in [0.15, 0.2) is 47.6 Å². The van der Waals surface area contributed by atoms with Gasteiger partial charge in [-0.05, 0) is 42.4 Å². The Balaban J connectivity index is 1.34. The third-order valence-electron chi connectivity index (χ3n) is 6.07. The van der Waals surface area contributed by atoms with Crippen molar-refractivity contribution in [3.63, 3.8) is 0 Å². The lowest BCUT2D eigenvalue weighted by Crippen LogP contribution is -2.49. The Labute approximate surface area is 176 Å². The largest absolute Gasteiger partial charge is 0.388 e. The van der Waals surface area contributed by atoms with Crippen LogP contribution < -0.4 is 5.32 Å². The van der Waals surface area contributed by atoms with Gasteiger partial charge in [-0.2, -0.15) is 0 Å². The first-order valence-corrected chi connectivity index (χ1v) is 10.5. The van der Waals surface area contributed by atoms with Crippen LogP contribution in [-0.2, 0) is 22.6 Å². The number of benzene rings is 1. The zero-order valence-electron chi connectivity index (χ0n) is 17.2. The Hall–Kier alpha value is -2.86. The number of carbonyl (C=O) groups is 2. The Morgan fingerprint density at radius 3 is 2.70 bits per heavy atom. The van der Waals surface area contributed by atoms with Gasteiger partial charge in [0.25, 0.3) is 5.91 Å². The van der Waals surface area contributed by atoms with Crippen LogP contribution in [0, 0.1) is 0 Å². The maximum Gasteiger partial charge on any atom is 0.270 e. The van der Waals surface area contributed by atoms with Gasteiger partial charge in [0.05, 0.1) is 12.1 Å². The van der Waals surface area contributed by atoms with Crippen LogP contribution in [-0.4, -0.2) is 39.6 Å². The molecule has 6 heteroatoms. The number of fused-ring (bicyclic) bond motifs is 1. The number of carbonyl (C=O) groups excluding carboxylic acids is 2. The van der Waals surface area contributed by atoms with E-state index in [9.17, 15) is 14.7 Å². The van der Waals surface area contributed by atoms with E-state index in [0.29, 0.717) is 29.9 Å². The molecule has 1 amide bonds. The topological polar surface area (TPSA) is 91.7 Å². The van der Waals surface area contributed by atoms with Crippen molar-refractivity contribution >= 4 is 17.4 Å². The quantitative estimate of drug-likeness (QED) is 0.706. The van der Waals surface area contributed by atoms with Crippen LogP contribution in [0.2, 0.25) is 0 Å². The Morgan fingerprint density at radius 2 is 2.00 bits per heavy atom. The molecule has 0 unspecified atom stereocenters. The van der Waals surface area contributed by atoms with Gasteiger partial charge in [0.15, 0.2) is 0 Å². The lowest BCUT2D eigenvalue weighted by molar-refractivity contribution is -0.119. The number of hydrogen-bond donors (Lipinski definition) is 2. The second kappa shape index (κ2) is 8.48. The van der Waals surface area contributed by atoms with E-state index in [1.54, 1.807) is 6.20 Å². The van der Waals surface area contributed by atoms with Crippen LogP contribution in [0.4, 0.5) is 0 Å². The van der Waals surface area contributed by atoms with Gasteiger partial charge < -0.3 is 10.4 Å². The average Bonchev–Trinajstić information content (AvgIpc) is 3.14. The normalized spacial score (nSPS) is 17.5. The molecule has 2 N–H and O–H groups in total. The van der Waals surface area contributed by atoms with Gasteiger partial charge in [-0.25, -0.2) is 0 Å². The Kier molecular flexibility index (Phi) is 5.77. The first-order chi connectivity index (χ1) is 14.4. The molecule has 1 aromatic heterocycles. The van der Waals surface area contributed by atoms with Gasteiger partial charge in [0.2, 0.25) is 0 Å². The molecule has 1 saturated carbocycles. The first kappa shape index (κ1) is 20.4. The van der Waals surface area contributed by atoms with E-state index in [0.717, 1.165) is 30.4 Å². The van der Waals surface area contributed by atoms with E-state index in [-0.39, 0.29) is 30.6 Å². The highest BCUT2D eigenvalue weighted by atomic mass is 16.3. The third-order valence-corrected chi connectivity index (χ3v) is 6.07. The number of nitrogens with one attached hydrogen (secondary N) is 1. The fraction of sp³-hybridized carbons (Fsp3) is 0.417. The van der Waals surface area contributed by atoms with Crippen LogP contribution in [0.5, 0.6) is 0 Å². The van der Waals surface area contributed by atoms with E-state index < -0.39 is 5.60 Å². The van der Waals surface area contributed by atoms with Crippen LogP contribution in [0.3, 0.4) is 0 Å². The maximum atomic E-state index is 12.5. The van der Waals surface area contributed by atoms with Gasteiger partial charge in [-0.1, -0.05) is 37.3 Å². The lowest BCUT2D eigenvalue weighted by Gasteiger charge is -2.36. The molecule has 2 heterocycles. The summed E-state index contributed by atoms with van der Waals surface area (Å²) >= 11 is 0. The van der Waals surface area contributed by atoms with E-state index in [1.807, 2.05) is 36.4 Å². The van der Waals surface area contributed by atoms with Crippen molar-refractivity contribution in [3.05, 3.63) is 65.0 Å². The van der Waals surface area contributed by atoms with Gasteiger partial charge in [0.1, 0.15) is 11.5 Å². The molecule has 4 rings (SSSR count). The maximum absolute atomic E-state index is 12.5. The fourth-order valence-electron chi connectivity index (χ4n) is 4.04. The highest BCUT2D eigenvalue weighted by molar-refractivity contribution is 6.46. The minimum atomic E-state index is -0.767. The van der Waals surface area contributed by atoms with Crippen LogP contribution >= 0.6 is 0 Å². The summed E-state index contributed by atoms with van der Waals surface area (Å²) in [6, 6.07) is 11.9. The molecule has 0 spiro atoms. The van der Waals surface area contributed by atoms with Crippen molar-refractivity contribution in [1.29, 1.82) is 0 Å². The molecule has 0 bridgehead atoms. The number of pyridine rings is 1. The smallest absolute Gasteiger partial charge is 0.270 e. The van der Waals surface area contributed by atoms with Crippen molar-refractivity contribution in [3.8, 4) is 0 Å². The first-order valence-electron chi connectivity index (χ1n) is 10.5. The fourth-order valence-corrected chi connectivity index (χ4v) is 4.04. The molecule has 30 heavy (non-hydrogen) atoms. The van der Waals surface area contributed by atoms with Crippen molar-refractivity contribution in [2.24, 2.45) is 4.99 Å². The van der Waals surface area contributed by atoms with E-state index in [4.69, 9.17) is 0 Å². The van der Waals surface area contributed by atoms with Crippen LogP contribution in [0.1, 0.15) is 60.9 Å². The molecule has 2 aliphatic rings. The number of aromatic nitrogens is 1. The number of hydrogen-bond acceptors (Lipinski definition) is 5. The van der Waals surface area contributed by atoms with Crippen molar-refractivity contribution < 1.29 is 14.7 Å². The molecule has 1 fully saturated rings. The van der Waals surface area contributed by atoms with Gasteiger partial charge in [-0.3, -0.25) is 19.6 Å². The molecular weight excluding hydrogens is 378 g/mol. The van der Waals surface area contributed by atoms with Crippen LogP contribution in [0.25, 0.3) is 0 Å². The summed E-state index contributed by atoms with van der Waals surface area (Å²) in [6.45, 7) is 2.72. The average molecular weight is 405 g/mol. The molecule has 0 radical (unpaired) electrons. The molecule has 0 saturated heterocycles. The predicted molar refractivity (Wildman–Crippen MR) is 114 cm³/mol. The Morgan fingerprint density at radius 1 is 1.23 bits per heavy atom. The summed E-state index contributed by atoms with van der Waals surface area (Å²) in [7, 11) is 0. The summed E-state index contributed by atoms with van der Waals surface area (Å²) < 4.78 is 0. The highest BCUT2D eigenvalue weighted by Crippen LogP contribution is 2.30. The Bertz CT molecular complexity index is 980. The molecule has 156 valence electrons. The summed E-state index contributed by atoms with van der Waals surface area (Å²) in [5.74, 6) is 0.0260. The van der Waals surface area contributed by atoms with Crippen molar-refractivity contribution in [2.45, 2.75) is 57.1 Å². The monoisotopic (exact) mass is 405 g/mol. The summed E-state index contributed by atoms with van der Waals surface area (Å²) in [5.41, 5.74) is 3.08. The molecule has 1 atom stereocenters. The minimum Gasteiger partial charge on any atom is -0.388 e. The highest BCUT2D eigenvalue weighted by Gasteiger charge is 2.35. The van der Waals surface area contributed by atoms with Gasteiger partial charge >= 0.3 is 0 Å². The number of rotatable bonds is 8. The molecule has 1 aliphatic heterocycles. The second-order valence-corrected chi connectivity index (χ2v) is 8.49. The number of aliphatic imine (C=N–C) groups is 1. The van der Waals surface area contributed by atoms with E-state index >= 15 is 0 Å². The molecule has 1 aromatic carbocycles. The SMILES string of the molecule is C[C@@H](CC(=O)Cc1cc2c(cn1)C(C(=O)NCC1(O)CCC1)=NC2)c1ccccc1. The molecule has 1 aliphatic carbocycles. The number of nitrogens with zero attached hydrogens (tertiary/aromatic N) is 2. The number of Topliss-reactive ketones (excluding diaryl/α,β-unsaturated/α-hetero) is 1. The molecule has 6 nitrogen and oxygen atoms in total. The molecule has 2 aromatic rings. The van der Waals surface area contributed by atoms with Gasteiger partial charge in [-0.15, -0.1) is 0 Å². The molecular formula is C24H27N3O3. The number of amides is 1. The lowest BCUT2D eigenvalue weighted by atomic mass is 9.80. The number of aliphatic hydroxyl groups is 1. The zero-order chi connectivity index (χ0) is 21.1. The summed E-state index contributed by atoms with van der Waals surface area (Å²) in [4.78, 5) is 33.8. The minimum absolute atomic E-state index is 0.143. The number of ketones is 1. The summed E-state index contributed by atoms with van der Waals surface area (Å²) in [5, 5.41) is 12.9. The summed E-state index contributed by atoms with van der Waals surface area (Å²) in [6.07, 6.45) is 4.82. The second-order valence-electron chi connectivity index (χ2n) is 8.49. The van der Waals surface area contributed by atoms with E-state index in [1.165, 1.54) is 0 Å². The van der Waals surface area contributed by atoms with E-state index in [2.05, 4.69) is 22.2 Å².